The fourth-order valence-corrected chi connectivity index (χ4v) is 6.67. The number of hydrogen-bond donors (Lipinski definition) is 5. The second-order valence-corrected chi connectivity index (χ2v) is 12.4. The second kappa shape index (κ2) is 13.8. The lowest BCUT2D eigenvalue weighted by Gasteiger charge is -2.37. The first-order chi connectivity index (χ1) is 23.6. The van der Waals surface area contributed by atoms with E-state index in [4.69, 9.17) is 4.98 Å². The van der Waals surface area contributed by atoms with Crippen LogP contribution in [0.5, 0.6) is 0 Å². The molecule has 4 aromatic rings. The highest BCUT2D eigenvalue weighted by Crippen LogP contribution is 2.36. The van der Waals surface area contributed by atoms with Gasteiger partial charge in [0, 0.05) is 24.8 Å². The van der Waals surface area contributed by atoms with E-state index in [1.165, 1.54) is 7.11 Å². The minimum Gasteiger partial charge on any atom is -0.465 e. The number of alkyl carbamates (subject to hydrolysis) is 1. The molecule has 5 N–H and O–H groups in total. The normalized spacial score (nSPS) is 19.4. The van der Waals surface area contributed by atoms with Gasteiger partial charge in [0.25, 0.3) is 0 Å². The van der Waals surface area contributed by atoms with Gasteiger partial charge >= 0.3 is 12.2 Å². The number of carbonyl (C=O) groups excluding carboxylic acids is 3. The summed E-state index contributed by atoms with van der Waals surface area (Å²) in [6.45, 7) is 4.34. The van der Waals surface area contributed by atoms with Crippen LogP contribution < -0.4 is 10.6 Å². The van der Waals surface area contributed by atoms with Crippen molar-refractivity contribution in [2.24, 2.45) is 0 Å². The Labute approximate surface area is 282 Å². The lowest BCUT2D eigenvalue weighted by molar-refractivity contribution is -0.134. The smallest absolute Gasteiger partial charge is 0.407 e. The average molecular weight is 667 g/mol. The summed E-state index contributed by atoms with van der Waals surface area (Å²) in [6, 6.07) is 12.7. The van der Waals surface area contributed by atoms with E-state index in [-0.39, 0.29) is 18.0 Å². The molecule has 2 fully saturated rings. The highest BCUT2D eigenvalue weighted by atomic mass is 16.5. The molecule has 14 heteroatoms. The number of rotatable bonds is 8. The maximum Gasteiger partial charge on any atom is 0.407 e. The molecule has 0 unspecified atom stereocenters. The lowest BCUT2D eigenvalue weighted by Crippen LogP contribution is -2.59. The second-order valence-electron chi connectivity index (χ2n) is 12.4. The fourth-order valence-electron chi connectivity index (χ4n) is 6.67. The number of imidazole rings is 2. The number of benzene rings is 2. The number of carboxylic acid groups (broad SMARTS) is 1. The van der Waals surface area contributed by atoms with Crippen molar-refractivity contribution in [1.82, 2.24) is 40.4 Å². The summed E-state index contributed by atoms with van der Waals surface area (Å²) in [5, 5.41) is 14.2. The summed E-state index contributed by atoms with van der Waals surface area (Å²) in [5.74, 6) is 7.41. The number of nitrogens with one attached hydrogen (secondary N) is 4. The molecule has 0 aliphatic carbocycles. The van der Waals surface area contributed by atoms with Gasteiger partial charge in [0.2, 0.25) is 5.91 Å². The third-order valence-electron chi connectivity index (χ3n) is 9.15. The Morgan fingerprint density at radius 2 is 1.78 bits per heavy atom. The van der Waals surface area contributed by atoms with E-state index in [2.05, 4.69) is 42.2 Å². The number of carbonyl (C=O) groups is 4. The van der Waals surface area contributed by atoms with Crippen molar-refractivity contribution in [3.8, 4) is 23.0 Å². The molecule has 2 aromatic heterocycles. The van der Waals surface area contributed by atoms with Gasteiger partial charge < -0.3 is 30.0 Å². The Morgan fingerprint density at radius 3 is 2.51 bits per heavy atom. The number of methoxy groups -OCH3 is 1. The number of aromatic amines is 2. The van der Waals surface area contributed by atoms with E-state index in [0.717, 1.165) is 53.4 Å². The molecule has 0 radical (unpaired) electrons. The van der Waals surface area contributed by atoms with Gasteiger partial charge in [-0.2, -0.15) is 0 Å². The van der Waals surface area contributed by atoms with Gasteiger partial charge in [-0.05, 0) is 80.8 Å². The number of ether oxygens (including phenoxy) is 1. The van der Waals surface area contributed by atoms with Crippen molar-refractivity contribution in [3.63, 3.8) is 0 Å². The molecule has 14 nitrogen and oxygen atoms in total. The summed E-state index contributed by atoms with van der Waals surface area (Å²) in [5.41, 5.74) is 3.60. The molecule has 2 aromatic carbocycles. The van der Waals surface area contributed by atoms with E-state index >= 15 is 0 Å². The molecule has 4 heterocycles. The Hall–Kier alpha value is -5.68. The zero-order valence-electron chi connectivity index (χ0n) is 27.4. The van der Waals surface area contributed by atoms with Gasteiger partial charge in [-0.15, -0.1) is 0 Å². The first-order valence-electron chi connectivity index (χ1n) is 16.1. The van der Waals surface area contributed by atoms with Gasteiger partial charge in [-0.1, -0.05) is 24.1 Å². The predicted molar refractivity (Wildman–Crippen MR) is 179 cm³/mol. The van der Waals surface area contributed by atoms with Crippen molar-refractivity contribution in [2.75, 3.05) is 20.2 Å². The van der Waals surface area contributed by atoms with Crippen molar-refractivity contribution < 1.29 is 29.0 Å². The zero-order chi connectivity index (χ0) is 34.7. The molecule has 6 rings (SSSR count). The standard InChI is InChI=1S/C35H38N8O6/c1-21(37-34(48)49-3)32(45)42-16-4-6-28(42)30-36-19-25(38-30)14-10-22-8-11-23(12-9-22)24-13-15-26-27(18-24)40-31(39-26)29-7-5-17-43(29)35(2,20-44)41-33(46)47/h8-9,11-13,15,18-21,28-29,41H,4-7,16-17H2,1-3H3,(H,36,38)(H,37,48)(H,39,40)(H,46,47)/t21-,28-,29-,35-/m0/s1. The maximum absolute atomic E-state index is 13.0. The van der Waals surface area contributed by atoms with Crippen LogP contribution >= 0.6 is 0 Å². The highest BCUT2D eigenvalue weighted by molar-refractivity contribution is 5.86. The van der Waals surface area contributed by atoms with Gasteiger partial charge in [0.05, 0.1) is 30.2 Å². The van der Waals surface area contributed by atoms with Crippen LogP contribution in [0.2, 0.25) is 0 Å². The van der Waals surface area contributed by atoms with Crippen LogP contribution in [0.3, 0.4) is 0 Å². The number of fused-ring (bicyclic) bond motifs is 1. The minimum atomic E-state index is -1.36. The molecule has 0 bridgehead atoms. The summed E-state index contributed by atoms with van der Waals surface area (Å²) in [7, 11) is 1.26. The lowest BCUT2D eigenvalue weighted by atomic mass is 10.0. The molecule has 0 saturated carbocycles. The molecule has 254 valence electrons. The molecule has 49 heavy (non-hydrogen) atoms. The van der Waals surface area contributed by atoms with Gasteiger partial charge in [-0.3, -0.25) is 19.8 Å². The van der Waals surface area contributed by atoms with Crippen LogP contribution in [0.15, 0.2) is 48.7 Å². The number of aromatic nitrogens is 4. The van der Waals surface area contributed by atoms with E-state index in [9.17, 15) is 24.3 Å². The van der Waals surface area contributed by atoms with Crippen LogP contribution in [0.4, 0.5) is 9.59 Å². The van der Waals surface area contributed by atoms with E-state index < -0.39 is 23.9 Å². The van der Waals surface area contributed by atoms with Crippen molar-refractivity contribution in [3.05, 3.63) is 71.6 Å². The minimum absolute atomic E-state index is 0.197. The third-order valence-corrected chi connectivity index (χ3v) is 9.15. The fraction of sp³-hybridized carbons (Fsp3) is 0.371. The van der Waals surface area contributed by atoms with Crippen molar-refractivity contribution >= 4 is 35.4 Å². The molecular formula is C35H38N8O6. The number of likely N-dealkylation sites (tertiary alicyclic amines) is 2. The summed E-state index contributed by atoms with van der Waals surface area (Å²) in [4.78, 5) is 67.5. The topological polar surface area (TPSA) is 186 Å². The number of aldehydes is 1. The van der Waals surface area contributed by atoms with Gasteiger partial charge in [0.1, 0.15) is 23.4 Å². The molecule has 2 aliphatic rings. The third kappa shape index (κ3) is 6.97. The average Bonchev–Trinajstić information content (AvgIpc) is 3.92. The first kappa shape index (κ1) is 33.2. The molecule has 2 aliphatic heterocycles. The highest BCUT2D eigenvalue weighted by Gasteiger charge is 2.42. The van der Waals surface area contributed by atoms with E-state index in [1.54, 1.807) is 24.9 Å². The van der Waals surface area contributed by atoms with Crippen LogP contribution in [-0.4, -0.2) is 91.1 Å². The van der Waals surface area contributed by atoms with Crippen molar-refractivity contribution in [1.29, 1.82) is 0 Å². The van der Waals surface area contributed by atoms with Crippen LogP contribution in [-0.2, 0) is 14.3 Å². The van der Waals surface area contributed by atoms with E-state index in [0.29, 0.717) is 36.7 Å². The van der Waals surface area contributed by atoms with Crippen molar-refractivity contribution in [2.45, 2.75) is 63.3 Å². The largest absolute Gasteiger partial charge is 0.465 e. The predicted octanol–water partition coefficient (Wildman–Crippen LogP) is 4.08. The number of nitrogens with zero attached hydrogens (tertiary/aromatic N) is 4. The Bertz CT molecular complexity index is 1940. The quantitative estimate of drug-likeness (QED) is 0.137. The number of amides is 3. The molecule has 0 spiro atoms. The number of H-pyrrole nitrogens is 2. The monoisotopic (exact) mass is 666 g/mol. The Balaban J connectivity index is 1.13. The number of hydrogen-bond acceptors (Lipinski definition) is 8. The summed E-state index contributed by atoms with van der Waals surface area (Å²) < 4.78 is 4.61. The van der Waals surface area contributed by atoms with Crippen LogP contribution in [0.25, 0.3) is 22.2 Å². The van der Waals surface area contributed by atoms with Gasteiger partial charge in [-0.25, -0.2) is 19.6 Å². The molecular weight excluding hydrogens is 628 g/mol. The zero-order valence-corrected chi connectivity index (χ0v) is 27.4. The first-order valence-corrected chi connectivity index (χ1v) is 16.1. The van der Waals surface area contributed by atoms with Gasteiger partial charge in [0.15, 0.2) is 11.9 Å². The molecule has 3 amide bonds. The van der Waals surface area contributed by atoms with E-state index in [1.807, 2.05) is 47.4 Å². The van der Waals surface area contributed by atoms with Crippen LogP contribution in [0, 0.1) is 11.8 Å². The molecule has 4 atom stereocenters. The summed E-state index contributed by atoms with van der Waals surface area (Å²) in [6.07, 6.45) is 3.59. The maximum atomic E-state index is 13.0. The SMILES string of the molecule is COC(=O)N[C@@H](C)C(=O)N1CCC[C@H]1c1nc(C#Cc2ccc(-c3ccc4[nH]c([C@@H]5CCCN5[C@@](C)(C=O)NC(=O)O)nc4c3)cc2)c[nH]1. The summed E-state index contributed by atoms with van der Waals surface area (Å²) >= 11 is 0. The Kier molecular flexibility index (Phi) is 9.37. The Morgan fingerprint density at radius 1 is 1.04 bits per heavy atom. The van der Waals surface area contributed by atoms with Crippen LogP contribution in [0.1, 0.15) is 74.5 Å². The molecule has 2 saturated heterocycles.